The third kappa shape index (κ3) is 2.59. The van der Waals surface area contributed by atoms with Gasteiger partial charge in [0.05, 0.1) is 4.90 Å². The van der Waals surface area contributed by atoms with Crippen molar-refractivity contribution in [2.75, 3.05) is 13.6 Å². The summed E-state index contributed by atoms with van der Waals surface area (Å²) in [5, 5.41) is 0. The van der Waals surface area contributed by atoms with Crippen LogP contribution in [-0.2, 0) is 22.9 Å². The number of benzene rings is 1. The molecule has 3 nitrogen and oxygen atoms in total. The van der Waals surface area contributed by atoms with Crippen molar-refractivity contribution in [2.45, 2.75) is 43.9 Å². The van der Waals surface area contributed by atoms with Crippen LogP contribution >= 0.6 is 0 Å². The first-order valence-corrected chi connectivity index (χ1v) is 8.08. The van der Waals surface area contributed by atoms with Crippen molar-refractivity contribution in [3.05, 3.63) is 29.3 Å². The summed E-state index contributed by atoms with van der Waals surface area (Å²) in [6, 6.07) is 5.59. The van der Waals surface area contributed by atoms with E-state index in [9.17, 15) is 8.42 Å². The topological polar surface area (TPSA) is 37.4 Å². The third-order valence-corrected chi connectivity index (χ3v) is 5.46. The minimum atomic E-state index is -3.30. The van der Waals surface area contributed by atoms with Crippen LogP contribution in [-0.4, -0.2) is 26.3 Å². The lowest BCUT2D eigenvalue weighted by Crippen LogP contribution is -2.28. The molecule has 0 bridgehead atoms. The van der Waals surface area contributed by atoms with Crippen LogP contribution in [0.2, 0.25) is 0 Å². The zero-order chi connectivity index (χ0) is 13.2. The summed E-state index contributed by atoms with van der Waals surface area (Å²) in [6.07, 6.45) is 5.15. The first kappa shape index (κ1) is 13.6. The van der Waals surface area contributed by atoms with Gasteiger partial charge in [-0.25, -0.2) is 12.7 Å². The van der Waals surface area contributed by atoms with Crippen LogP contribution < -0.4 is 0 Å². The van der Waals surface area contributed by atoms with Crippen molar-refractivity contribution >= 4 is 10.0 Å². The van der Waals surface area contributed by atoms with Gasteiger partial charge in [0, 0.05) is 13.6 Å². The van der Waals surface area contributed by atoms with Gasteiger partial charge in [0.25, 0.3) is 0 Å². The standard InChI is InChI=1S/C14H21NO2S/c1-3-4-10-15(2)18(16,17)14-9-8-12-6-5-7-13(12)11-14/h8-9,11H,3-7,10H2,1-2H3. The molecule has 1 aromatic rings. The molecule has 0 radical (unpaired) electrons. The van der Waals surface area contributed by atoms with Gasteiger partial charge in [-0.15, -0.1) is 0 Å². The maximum atomic E-state index is 12.4. The second-order valence-electron chi connectivity index (χ2n) is 4.96. The summed E-state index contributed by atoms with van der Waals surface area (Å²) in [5.41, 5.74) is 2.52. The lowest BCUT2D eigenvalue weighted by Gasteiger charge is -2.17. The minimum Gasteiger partial charge on any atom is -0.207 e. The van der Waals surface area contributed by atoms with Gasteiger partial charge >= 0.3 is 0 Å². The van der Waals surface area contributed by atoms with Gasteiger partial charge in [0.2, 0.25) is 10.0 Å². The molecule has 0 amide bonds. The second-order valence-corrected chi connectivity index (χ2v) is 7.01. The smallest absolute Gasteiger partial charge is 0.207 e. The maximum Gasteiger partial charge on any atom is 0.242 e. The molecule has 0 saturated heterocycles. The van der Waals surface area contributed by atoms with E-state index in [1.165, 1.54) is 15.4 Å². The molecule has 1 aromatic carbocycles. The van der Waals surface area contributed by atoms with E-state index in [0.29, 0.717) is 11.4 Å². The Morgan fingerprint density at radius 1 is 1.22 bits per heavy atom. The fourth-order valence-electron chi connectivity index (χ4n) is 2.39. The van der Waals surface area contributed by atoms with E-state index >= 15 is 0 Å². The zero-order valence-electron chi connectivity index (χ0n) is 11.1. The quantitative estimate of drug-likeness (QED) is 0.822. The van der Waals surface area contributed by atoms with Crippen molar-refractivity contribution < 1.29 is 8.42 Å². The third-order valence-electron chi connectivity index (χ3n) is 3.60. The highest BCUT2D eigenvalue weighted by Gasteiger charge is 2.22. The summed E-state index contributed by atoms with van der Waals surface area (Å²) in [7, 11) is -1.63. The molecular weight excluding hydrogens is 246 g/mol. The van der Waals surface area contributed by atoms with Crippen molar-refractivity contribution in [1.29, 1.82) is 0 Å². The molecule has 0 spiro atoms. The summed E-state index contributed by atoms with van der Waals surface area (Å²) in [6.45, 7) is 2.66. The number of unbranched alkanes of at least 4 members (excludes halogenated alkanes) is 1. The molecule has 4 heteroatoms. The lowest BCUT2D eigenvalue weighted by molar-refractivity contribution is 0.459. The zero-order valence-corrected chi connectivity index (χ0v) is 12.0. The summed E-state index contributed by atoms with van der Waals surface area (Å²) in [5.74, 6) is 0. The van der Waals surface area contributed by atoms with Gasteiger partial charge in [-0.3, -0.25) is 0 Å². The first-order chi connectivity index (χ1) is 8.55. The van der Waals surface area contributed by atoms with E-state index < -0.39 is 10.0 Å². The van der Waals surface area contributed by atoms with Crippen molar-refractivity contribution in [2.24, 2.45) is 0 Å². The molecule has 0 aliphatic heterocycles. The molecule has 1 aliphatic rings. The Morgan fingerprint density at radius 3 is 2.67 bits per heavy atom. The normalized spacial score (nSPS) is 15.1. The highest BCUT2D eigenvalue weighted by molar-refractivity contribution is 7.89. The van der Waals surface area contributed by atoms with E-state index in [1.54, 1.807) is 13.1 Å². The Kier molecular flexibility index (Phi) is 4.07. The minimum absolute atomic E-state index is 0.446. The molecule has 0 aromatic heterocycles. The molecule has 0 fully saturated rings. The van der Waals surface area contributed by atoms with Gasteiger partial charge in [-0.05, 0) is 48.9 Å². The summed E-state index contributed by atoms with van der Waals surface area (Å²) >= 11 is 0. The van der Waals surface area contributed by atoms with Gasteiger partial charge in [0.1, 0.15) is 0 Å². The summed E-state index contributed by atoms with van der Waals surface area (Å²) < 4.78 is 26.2. The van der Waals surface area contributed by atoms with Crippen LogP contribution in [0.15, 0.2) is 23.1 Å². The second kappa shape index (κ2) is 5.41. The Hall–Kier alpha value is -0.870. The van der Waals surface area contributed by atoms with Gasteiger partial charge in [0.15, 0.2) is 0 Å². The Balaban J connectivity index is 2.24. The molecule has 0 atom stereocenters. The number of aryl methyl sites for hydroxylation is 2. The van der Waals surface area contributed by atoms with Crippen LogP contribution in [0.25, 0.3) is 0 Å². The van der Waals surface area contributed by atoms with E-state index in [2.05, 4.69) is 6.92 Å². The predicted molar refractivity (Wildman–Crippen MR) is 73.2 cm³/mol. The van der Waals surface area contributed by atoms with Crippen LogP contribution in [0.1, 0.15) is 37.3 Å². The molecule has 0 saturated carbocycles. The van der Waals surface area contributed by atoms with E-state index in [-0.39, 0.29) is 0 Å². The largest absolute Gasteiger partial charge is 0.242 e. The number of sulfonamides is 1. The lowest BCUT2D eigenvalue weighted by atomic mass is 10.1. The van der Waals surface area contributed by atoms with E-state index in [0.717, 1.165) is 32.1 Å². The molecule has 18 heavy (non-hydrogen) atoms. The molecule has 1 aliphatic carbocycles. The highest BCUT2D eigenvalue weighted by atomic mass is 32.2. The monoisotopic (exact) mass is 267 g/mol. The van der Waals surface area contributed by atoms with Crippen LogP contribution in [0.3, 0.4) is 0 Å². The number of rotatable bonds is 5. The van der Waals surface area contributed by atoms with Crippen molar-refractivity contribution in [3.8, 4) is 0 Å². The molecule has 2 rings (SSSR count). The van der Waals surface area contributed by atoms with E-state index in [1.807, 2.05) is 12.1 Å². The molecule has 100 valence electrons. The molecule has 0 unspecified atom stereocenters. The van der Waals surface area contributed by atoms with Crippen LogP contribution in [0, 0.1) is 0 Å². The Bertz CT molecular complexity index is 523. The molecule has 0 heterocycles. The maximum absolute atomic E-state index is 12.4. The van der Waals surface area contributed by atoms with Crippen LogP contribution in [0.5, 0.6) is 0 Å². The highest BCUT2D eigenvalue weighted by Crippen LogP contribution is 2.25. The van der Waals surface area contributed by atoms with Crippen molar-refractivity contribution in [1.82, 2.24) is 4.31 Å². The predicted octanol–water partition coefficient (Wildman–Crippen LogP) is 2.60. The molecular formula is C14H21NO2S. The summed E-state index contributed by atoms with van der Waals surface area (Å²) in [4.78, 5) is 0.446. The average molecular weight is 267 g/mol. The first-order valence-electron chi connectivity index (χ1n) is 6.64. The fraction of sp³-hybridized carbons (Fsp3) is 0.571. The van der Waals surface area contributed by atoms with Gasteiger partial charge in [-0.2, -0.15) is 0 Å². The van der Waals surface area contributed by atoms with Gasteiger partial charge < -0.3 is 0 Å². The van der Waals surface area contributed by atoms with Crippen molar-refractivity contribution in [3.63, 3.8) is 0 Å². The molecule has 0 N–H and O–H groups in total. The fourth-order valence-corrected chi connectivity index (χ4v) is 3.65. The number of fused-ring (bicyclic) bond motifs is 1. The van der Waals surface area contributed by atoms with E-state index in [4.69, 9.17) is 0 Å². The SMILES string of the molecule is CCCCN(C)S(=O)(=O)c1ccc2c(c1)CCC2. The number of nitrogens with zero attached hydrogens (tertiary/aromatic N) is 1. The van der Waals surface area contributed by atoms with Gasteiger partial charge in [-0.1, -0.05) is 19.4 Å². The Morgan fingerprint density at radius 2 is 1.94 bits per heavy atom. The number of hydrogen-bond acceptors (Lipinski definition) is 2. The number of hydrogen-bond donors (Lipinski definition) is 0. The van der Waals surface area contributed by atoms with Crippen LogP contribution in [0.4, 0.5) is 0 Å². The average Bonchev–Trinajstić information content (AvgIpc) is 2.82. The Labute approximate surface area is 110 Å².